The highest BCUT2D eigenvalue weighted by molar-refractivity contribution is 7.07. The molecule has 16 heavy (non-hydrogen) atoms. The van der Waals surface area contributed by atoms with Gasteiger partial charge in [-0.05, 0) is 54.0 Å². The third kappa shape index (κ3) is 3.08. The maximum Gasteiger partial charge on any atom is 0.0195 e. The maximum absolute atomic E-state index is 6.57. The molecular formula is C14H23NS. The first kappa shape index (κ1) is 12.1. The molecule has 0 aliphatic heterocycles. The standard InChI is InChI=1S/C14H23NS/c1-2-12-4-3-7-14(15,8-5-12)10-13-6-9-16-11-13/h6,9,11-12H,2-5,7-8,10,15H2,1H3. The number of thiophene rings is 1. The number of nitrogens with two attached hydrogens (primary N) is 1. The van der Waals surface area contributed by atoms with Crippen LogP contribution in [0, 0.1) is 5.92 Å². The predicted octanol–water partition coefficient (Wildman–Crippen LogP) is 3.98. The number of hydrogen-bond acceptors (Lipinski definition) is 2. The van der Waals surface area contributed by atoms with Gasteiger partial charge in [0.1, 0.15) is 0 Å². The maximum atomic E-state index is 6.57. The predicted molar refractivity (Wildman–Crippen MR) is 71.8 cm³/mol. The molecule has 2 unspecified atom stereocenters. The fourth-order valence-corrected chi connectivity index (χ4v) is 3.56. The molecule has 1 saturated carbocycles. The minimum atomic E-state index is 0.0744. The van der Waals surface area contributed by atoms with Crippen molar-refractivity contribution in [2.75, 3.05) is 0 Å². The minimum Gasteiger partial charge on any atom is -0.325 e. The Bertz CT molecular complexity index is 307. The SMILES string of the molecule is CCC1CCCC(N)(Cc2ccsc2)CC1. The summed E-state index contributed by atoms with van der Waals surface area (Å²) in [6, 6.07) is 2.22. The van der Waals surface area contributed by atoms with E-state index in [0.29, 0.717) is 0 Å². The third-order valence-electron chi connectivity index (χ3n) is 4.05. The lowest BCUT2D eigenvalue weighted by atomic mass is 9.85. The van der Waals surface area contributed by atoms with Crippen molar-refractivity contribution in [3.63, 3.8) is 0 Å². The molecule has 1 aliphatic rings. The summed E-state index contributed by atoms with van der Waals surface area (Å²) in [5, 5.41) is 4.40. The minimum absolute atomic E-state index is 0.0744. The molecule has 0 aromatic carbocycles. The molecule has 1 fully saturated rings. The van der Waals surface area contributed by atoms with E-state index in [4.69, 9.17) is 5.73 Å². The van der Waals surface area contributed by atoms with E-state index in [2.05, 4.69) is 23.8 Å². The van der Waals surface area contributed by atoms with Crippen LogP contribution in [0.3, 0.4) is 0 Å². The number of rotatable bonds is 3. The third-order valence-corrected chi connectivity index (χ3v) is 4.78. The lowest BCUT2D eigenvalue weighted by molar-refractivity contribution is 0.358. The van der Waals surface area contributed by atoms with E-state index < -0.39 is 0 Å². The van der Waals surface area contributed by atoms with Gasteiger partial charge in [-0.2, -0.15) is 11.3 Å². The van der Waals surface area contributed by atoms with Crippen molar-refractivity contribution in [1.29, 1.82) is 0 Å². The second kappa shape index (κ2) is 5.33. The van der Waals surface area contributed by atoms with Gasteiger partial charge in [0.05, 0.1) is 0 Å². The lowest BCUT2D eigenvalue weighted by Crippen LogP contribution is -2.41. The molecule has 2 rings (SSSR count). The van der Waals surface area contributed by atoms with Gasteiger partial charge >= 0.3 is 0 Å². The highest BCUT2D eigenvalue weighted by Gasteiger charge is 2.28. The highest BCUT2D eigenvalue weighted by atomic mass is 32.1. The van der Waals surface area contributed by atoms with Crippen LogP contribution in [0.5, 0.6) is 0 Å². The zero-order chi connectivity index (χ0) is 11.4. The Labute approximate surface area is 103 Å². The van der Waals surface area contributed by atoms with Crippen LogP contribution in [0.25, 0.3) is 0 Å². The molecule has 1 heterocycles. The van der Waals surface area contributed by atoms with Crippen LogP contribution in [0.15, 0.2) is 16.8 Å². The lowest BCUT2D eigenvalue weighted by Gasteiger charge is -2.28. The van der Waals surface area contributed by atoms with Crippen molar-refractivity contribution >= 4 is 11.3 Å². The van der Waals surface area contributed by atoms with E-state index in [1.807, 2.05) is 0 Å². The summed E-state index contributed by atoms with van der Waals surface area (Å²) in [5.74, 6) is 0.924. The van der Waals surface area contributed by atoms with Gasteiger partial charge in [0.25, 0.3) is 0 Å². The molecule has 0 spiro atoms. The van der Waals surface area contributed by atoms with Crippen LogP contribution < -0.4 is 5.73 Å². The monoisotopic (exact) mass is 237 g/mol. The Morgan fingerprint density at radius 3 is 3.00 bits per heavy atom. The Balaban J connectivity index is 1.96. The zero-order valence-corrected chi connectivity index (χ0v) is 11.1. The van der Waals surface area contributed by atoms with E-state index in [1.165, 1.54) is 44.1 Å². The molecule has 0 bridgehead atoms. The van der Waals surface area contributed by atoms with Crippen LogP contribution in [-0.4, -0.2) is 5.54 Å². The second-order valence-corrected chi connectivity index (χ2v) is 6.16. The summed E-state index contributed by atoms with van der Waals surface area (Å²) in [5.41, 5.74) is 8.08. The molecule has 0 amide bonds. The Morgan fingerprint density at radius 2 is 2.31 bits per heavy atom. The zero-order valence-electron chi connectivity index (χ0n) is 10.2. The Morgan fingerprint density at radius 1 is 1.44 bits per heavy atom. The topological polar surface area (TPSA) is 26.0 Å². The summed E-state index contributed by atoms with van der Waals surface area (Å²) in [6.07, 6.45) is 8.86. The van der Waals surface area contributed by atoms with E-state index in [-0.39, 0.29) is 5.54 Å². The van der Waals surface area contributed by atoms with Crippen LogP contribution in [0.1, 0.15) is 51.0 Å². The summed E-state index contributed by atoms with van der Waals surface area (Å²) in [4.78, 5) is 0. The van der Waals surface area contributed by atoms with Crippen LogP contribution >= 0.6 is 11.3 Å². The van der Waals surface area contributed by atoms with Gasteiger partial charge in [0.2, 0.25) is 0 Å². The van der Waals surface area contributed by atoms with Crippen molar-refractivity contribution in [2.45, 2.75) is 57.4 Å². The van der Waals surface area contributed by atoms with Crippen molar-refractivity contribution in [1.82, 2.24) is 0 Å². The first-order valence-corrected chi connectivity index (χ1v) is 7.46. The van der Waals surface area contributed by atoms with E-state index in [9.17, 15) is 0 Å². The number of hydrogen-bond donors (Lipinski definition) is 1. The molecule has 2 heteroatoms. The molecule has 1 aromatic heterocycles. The molecule has 1 aromatic rings. The smallest absolute Gasteiger partial charge is 0.0195 e. The quantitative estimate of drug-likeness (QED) is 0.791. The van der Waals surface area contributed by atoms with Crippen molar-refractivity contribution < 1.29 is 0 Å². The molecule has 1 aliphatic carbocycles. The first-order chi connectivity index (χ1) is 7.72. The van der Waals surface area contributed by atoms with Crippen LogP contribution in [0.2, 0.25) is 0 Å². The van der Waals surface area contributed by atoms with Crippen molar-refractivity contribution in [3.8, 4) is 0 Å². The van der Waals surface area contributed by atoms with E-state index in [1.54, 1.807) is 11.3 Å². The van der Waals surface area contributed by atoms with E-state index >= 15 is 0 Å². The van der Waals surface area contributed by atoms with Gasteiger partial charge < -0.3 is 5.73 Å². The van der Waals surface area contributed by atoms with Gasteiger partial charge in [0, 0.05) is 5.54 Å². The Hall–Kier alpha value is -0.340. The van der Waals surface area contributed by atoms with Crippen molar-refractivity contribution in [3.05, 3.63) is 22.4 Å². The van der Waals surface area contributed by atoms with Gasteiger partial charge in [0.15, 0.2) is 0 Å². The van der Waals surface area contributed by atoms with Crippen LogP contribution in [0.4, 0.5) is 0 Å². The fraction of sp³-hybridized carbons (Fsp3) is 0.714. The molecule has 90 valence electrons. The fourth-order valence-electron chi connectivity index (χ4n) is 2.89. The molecule has 1 nitrogen and oxygen atoms in total. The second-order valence-electron chi connectivity index (χ2n) is 5.38. The van der Waals surface area contributed by atoms with Gasteiger partial charge in [-0.15, -0.1) is 0 Å². The van der Waals surface area contributed by atoms with E-state index in [0.717, 1.165) is 12.3 Å². The normalized spacial score (nSPS) is 31.2. The average Bonchev–Trinajstić information content (AvgIpc) is 2.68. The molecule has 2 N–H and O–H groups in total. The first-order valence-electron chi connectivity index (χ1n) is 6.52. The summed E-state index contributed by atoms with van der Waals surface area (Å²) >= 11 is 1.78. The van der Waals surface area contributed by atoms with Gasteiger partial charge in [-0.25, -0.2) is 0 Å². The highest BCUT2D eigenvalue weighted by Crippen LogP contribution is 2.32. The summed E-state index contributed by atoms with van der Waals surface area (Å²) in [6.45, 7) is 2.31. The molecule has 0 radical (unpaired) electrons. The summed E-state index contributed by atoms with van der Waals surface area (Å²) in [7, 11) is 0. The van der Waals surface area contributed by atoms with Crippen molar-refractivity contribution in [2.24, 2.45) is 11.7 Å². The summed E-state index contributed by atoms with van der Waals surface area (Å²) < 4.78 is 0. The Kier molecular flexibility index (Phi) is 4.04. The molecule has 0 saturated heterocycles. The molecule has 2 atom stereocenters. The average molecular weight is 237 g/mol. The largest absolute Gasteiger partial charge is 0.325 e. The van der Waals surface area contributed by atoms with Crippen LogP contribution in [-0.2, 0) is 6.42 Å². The van der Waals surface area contributed by atoms with Gasteiger partial charge in [-0.3, -0.25) is 0 Å². The molecular weight excluding hydrogens is 214 g/mol. The van der Waals surface area contributed by atoms with Gasteiger partial charge in [-0.1, -0.05) is 26.2 Å².